The van der Waals surface area contributed by atoms with Crippen molar-refractivity contribution < 1.29 is 4.79 Å². The molecule has 132 valence electrons. The van der Waals surface area contributed by atoms with Gasteiger partial charge in [-0.05, 0) is 48.7 Å². The van der Waals surface area contributed by atoms with E-state index < -0.39 is 0 Å². The minimum atomic E-state index is -0.264. The third-order valence-corrected chi connectivity index (χ3v) is 3.95. The van der Waals surface area contributed by atoms with Crippen molar-refractivity contribution in [3.63, 3.8) is 0 Å². The van der Waals surface area contributed by atoms with Crippen molar-refractivity contribution in [2.24, 2.45) is 0 Å². The number of rotatable bonds is 5. The number of hydrogen-bond acceptors (Lipinski definition) is 4. The normalized spacial score (nSPS) is 10.6. The lowest BCUT2D eigenvalue weighted by atomic mass is 10.0. The summed E-state index contributed by atoms with van der Waals surface area (Å²) in [6, 6.07) is 19.1. The van der Waals surface area contributed by atoms with E-state index in [1.54, 1.807) is 6.07 Å². The summed E-state index contributed by atoms with van der Waals surface area (Å²) in [5.74, 6) is 0.618. The third-order valence-electron chi connectivity index (χ3n) is 3.95. The summed E-state index contributed by atoms with van der Waals surface area (Å²) in [5, 5.41) is 6.01. The van der Waals surface area contributed by atoms with Crippen LogP contribution in [0.4, 0.5) is 17.3 Å². The first kappa shape index (κ1) is 17.6. The van der Waals surface area contributed by atoms with Crippen LogP contribution in [0.5, 0.6) is 0 Å². The van der Waals surface area contributed by atoms with Crippen molar-refractivity contribution >= 4 is 23.2 Å². The van der Waals surface area contributed by atoms with Gasteiger partial charge in [-0.25, -0.2) is 9.97 Å². The summed E-state index contributed by atoms with van der Waals surface area (Å²) < 4.78 is 0. The lowest BCUT2D eigenvalue weighted by molar-refractivity contribution is 0.102. The van der Waals surface area contributed by atoms with Gasteiger partial charge in [-0.3, -0.25) is 4.79 Å². The number of amides is 1. The Bertz CT molecular complexity index is 890. The zero-order chi connectivity index (χ0) is 18.5. The Morgan fingerprint density at radius 3 is 2.27 bits per heavy atom. The number of aryl methyl sites for hydroxylation is 1. The van der Waals surface area contributed by atoms with Gasteiger partial charge in [0.1, 0.15) is 5.69 Å². The van der Waals surface area contributed by atoms with Gasteiger partial charge in [0, 0.05) is 17.1 Å². The Hall–Kier alpha value is -3.21. The summed E-state index contributed by atoms with van der Waals surface area (Å²) in [4.78, 5) is 21.2. The number of anilines is 3. The molecular formula is C21H22N4O. The fourth-order valence-electron chi connectivity index (χ4n) is 2.54. The van der Waals surface area contributed by atoms with E-state index >= 15 is 0 Å². The van der Waals surface area contributed by atoms with Crippen molar-refractivity contribution in [2.45, 2.75) is 26.7 Å². The summed E-state index contributed by atoms with van der Waals surface area (Å²) in [6.45, 7) is 6.15. The van der Waals surface area contributed by atoms with Gasteiger partial charge < -0.3 is 10.6 Å². The largest absolute Gasteiger partial charge is 0.324 e. The highest BCUT2D eigenvalue weighted by Crippen LogP contribution is 2.19. The Balaban J connectivity index is 1.77. The number of carbonyl (C=O) groups excluding carboxylic acids is 1. The van der Waals surface area contributed by atoms with Crippen LogP contribution in [0.3, 0.4) is 0 Å². The smallest absolute Gasteiger partial charge is 0.274 e. The highest BCUT2D eigenvalue weighted by atomic mass is 16.1. The summed E-state index contributed by atoms with van der Waals surface area (Å²) in [6.07, 6.45) is 0. The number of aromatic nitrogens is 2. The lowest BCUT2D eigenvalue weighted by Gasteiger charge is -2.10. The van der Waals surface area contributed by atoms with Gasteiger partial charge in [-0.15, -0.1) is 0 Å². The van der Waals surface area contributed by atoms with Crippen molar-refractivity contribution in [1.82, 2.24) is 9.97 Å². The molecule has 0 unspecified atom stereocenters. The highest BCUT2D eigenvalue weighted by Gasteiger charge is 2.11. The molecule has 0 radical (unpaired) electrons. The quantitative estimate of drug-likeness (QED) is 0.689. The molecule has 2 aromatic carbocycles. The van der Waals surface area contributed by atoms with Crippen LogP contribution in [0.25, 0.3) is 0 Å². The van der Waals surface area contributed by atoms with Gasteiger partial charge >= 0.3 is 0 Å². The standard InChI is InChI=1S/C21H22N4O/c1-14(2)16-9-11-18(12-10-16)24-21-22-15(3)13-19(25-21)20(26)23-17-7-5-4-6-8-17/h4-14H,1-3H3,(H,23,26)(H,22,24,25). The van der Waals surface area contributed by atoms with Crippen LogP contribution in [-0.4, -0.2) is 15.9 Å². The predicted molar refractivity (Wildman–Crippen MR) is 105 cm³/mol. The molecule has 1 heterocycles. The highest BCUT2D eigenvalue weighted by molar-refractivity contribution is 6.03. The topological polar surface area (TPSA) is 66.9 Å². The molecule has 0 spiro atoms. The van der Waals surface area contributed by atoms with Crippen LogP contribution in [-0.2, 0) is 0 Å². The molecule has 0 saturated carbocycles. The predicted octanol–water partition coefficient (Wildman–Crippen LogP) is 4.90. The van der Waals surface area contributed by atoms with E-state index in [2.05, 4.69) is 46.6 Å². The van der Waals surface area contributed by atoms with Crippen LogP contribution in [0.1, 0.15) is 41.5 Å². The first-order chi connectivity index (χ1) is 12.5. The summed E-state index contributed by atoms with van der Waals surface area (Å²) >= 11 is 0. The van der Waals surface area contributed by atoms with Crippen LogP contribution in [0.15, 0.2) is 60.7 Å². The van der Waals surface area contributed by atoms with Crippen LogP contribution in [0, 0.1) is 6.92 Å². The number of benzene rings is 2. The number of nitrogens with one attached hydrogen (secondary N) is 2. The minimum absolute atomic E-state index is 0.264. The van der Waals surface area contributed by atoms with E-state index in [1.807, 2.05) is 49.4 Å². The molecule has 1 amide bonds. The van der Waals surface area contributed by atoms with Gasteiger partial charge in [0.25, 0.3) is 5.91 Å². The summed E-state index contributed by atoms with van der Waals surface area (Å²) in [5.41, 5.74) is 3.92. The number of nitrogens with zero attached hydrogens (tertiary/aromatic N) is 2. The monoisotopic (exact) mass is 346 g/mol. The molecule has 0 aliphatic carbocycles. The minimum Gasteiger partial charge on any atom is -0.324 e. The van der Waals surface area contributed by atoms with Gasteiger partial charge in [-0.2, -0.15) is 0 Å². The maximum atomic E-state index is 12.5. The van der Waals surface area contributed by atoms with E-state index in [4.69, 9.17) is 0 Å². The molecule has 3 rings (SSSR count). The van der Waals surface area contributed by atoms with Crippen molar-refractivity contribution in [3.8, 4) is 0 Å². The fraction of sp³-hybridized carbons (Fsp3) is 0.190. The summed E-state index contributed by atoms with van der Waals surface area (Å²) in [7, 11) is 0. The number of carbonyl (C=O) groups is 1. The SMILES string of the molecule is Cc1cc(C(=O)Nc2ccccc2)nc(Nc2ccc(C(C)C)cc2)n1. The van der Waals surface area contributed by atoms with E-state index in [0.29, 0.717) is 17.6 Å². The maximum Gasteiger partial charge on any atom is 0.274 e. The number of hydrogen-bond donors (Lipinski definition) is 2. The molecular weight excluding hydrogens is 324 g/mol. The molecule has 0 aliphatic heterocycles. The molecule has 0 aliphatic rings. The van der Waals surface area contributed by atoms with Crippen LogP contribution in [0.2, 0.25) is 0 Å². The molecule has 0 bridgehead atoms. The molecule has 0 fully saturated rings. The van der Waals surface area contributed by atoms with Crippen molar-refractivity contribution in [2.75, 3.05) is 10.6 Å². The average Bonchev–Trinajstić information content (AvgIpc) is 2.62. The molecule has 2 N–H and O–H groups in total. The van der Waals surface area contributed by atoms with Gasteiger partial charge in [-0.1, -0.05) is 44.2 Å². The van der Waals surface area contributed by atoms with Crippen LogP contribution >= 0.6 is 0 Å². The van der Waals surface area contributed by atoms with Gasteiger partial charge in [0.05, 0.1) is 0 Å². The molecule has 0 saturated heterocycles. The Kier molecular flexibility index (Phi) is 5.27. The van der Waals surface area contributed by atoms with E-state index in [0.717, 1.165) is 17.1 Å². The molecule has 5 heteroatoms. The average molecular weight is 346 g/mol. The third kappa shape index (κ3) is 4.45. The molecule has 0 atom stereocenters. The fourth-order valence-corrected chi connectivity index (χ4v) is 2.54. The molecule has 1 aromatic heterocycles. The zero-order valence-electron chi connectivity index (χ0n) is 15.2. The lowest BCUT2D eigenvalue weighted by Crippen LogP contribution is -2.15. The Labute approximate surface area is 153 Å². The molecule has 5 nitrogen and oxygen atoms in total. The zero-order valence-corrected chi connectivity index (χ0v) is 15.2. The van der Waals surface area contributed by atoms with Crippen molar-refractivity contribution in [1.29, 1.82) is 0 Å². The van der Waals surface area contributed by atoms with Gasteiger partial charge in [0.2, 0.25) is 5.95 Å². The number of para-hydroxylation sites is 1. The second kappa shape index (κ2) is 7.78. The van der Waals surface area contributed by atoms with Gasteiger partial charge in [0.15, 0.2) is 0 Å². The Morgan fingerprint density at radius 1 is 0.923 bits per heavy atom. The van der Waals surface area contributed by atoms with Crippen molar-refractivity contribution in [3.05, 3.63) is 77.6 Å². The molecule has 3 aromatic rings. The maximum absolute atomic E-state index is 12.5. The van der Waals surface area contributed by atoms with E-state index in [9.17, 15) is 4.79 Å². The van der Waals surface area contributed by atoms with E-state index in [-0.39, 0.29) is 5.91 Å². The molecule has 26 heavy (non-hydrogen) atoms. The van der Waals surface area contributed by atoms with Crippen LogP contribution < -0.4 is 10.6 Å². The second-order valence-corrected chi connectivity index (χ2v) is 6.44. The first-order valence-electron chi connectivity index (χ1n) is 8.60. The van der Waals surface area contributed by atoms with E-state index in [1.165, 1.54) is 5.56 Å². The Morgan fingerprint density at radius 2 is 1.62 bits per heavy atom. The second-order valence-electron chi connectivity index (χ2n) is 6.44. The first-order valence-corrected chi connectivity index (χ1v) is 8.60.